The van der Waals surface area contributed by atoms with E-state index in [1.807, 2.05) is 19.1 Å². The summed E-state index contributed by atoms with van der Waals surface area (Å²) in [4.78, 5) is 21.2. The van der Waals surface area contributed by atoms with E-state index >= 15 is 0 Å². The van der Waals surface area contributed by atoms with Gasteiger partial charge in [-0.2, -0.15) is 10.2 Å². The molecule has 4 aromatic heterocycles. The fraction of sp³-hybridized carbons (Fsp3) is 0.273. The van der Waals surface area contributed by atoms with Gasteiger partial charge in [-0.05, 0) is 44.4 Å². The number of aromatic amines is 1. The van der Waals surface area contributed by atoms with Crippen molar-refractivity contribution in [3.05, 3.63) is 71.3 Å². The summed E-state index contributed by atoms with van der Waals surface area (Å²) < 4.78 is 1.59. The molecule has 0 amide bonds. The van der Waals surface area contributed by atoms with Crippen LogP contribution in [0.25, 0.3) is 16.8 Å². The first-order chi connectivity index (χ1) is 15.6. The molecule has 32 heavy (non-hydrogen) atoms. The van der Waals surface area contributed by atoms with Gasteiger partial charge in [0.05, 0.1) is 30.0 Å². The van der Waals surface area contributed by atoms with E-state index in [1.54, 1.807) is 47.7 Å². The molecule has 2 atom stereocenters. The Morgan fingerprint density at radius 1 is 0.969 bits per heavy atom. The molecular weight excluding hydrogens is 406 g/mol. The lowest BCUT2D eigenvalue weighted by Gasteiger charge is -2.15. The summed E-state index contributed by atoms with van der Waals surface area (Å²) in [6, 6.07) is 7.73. The fourth-order valence-electron chi connectivity index (χ4n) is 3.92. The fourth-order valence-corrected chi connectivity index (χ4v) is 3.92. The zero-order chi connectivity index (χ0) is 21.9. The van der Waals surface area contributed by atoms with Gasteiger partial charge in [0, 0.05) is 41.7 Å². The largest absolute Gasteiger partial charge is 0.367 e. The molecule has 0 bridgehead atoms. The molecule has 4 aromatic rings. The summed E-state index contributed by atoms with van der Waals surface area (Å²) in [5.74, 6) is 1.35. The molecule has 5 rings (SSSR count). The molecule has 162 valence electrons. The minimum absolute atomic E-state index is 0.114. The molecule has 0 spiro atoms. The van der Waals surface area contributed by atoms with Crippen LogP contribution >= 0.6 is 0 Å². The number of hydrogen-bond acceptors (Lipinski definition) is 8. The zero-order valence-corrected chi connectivity index (χ0v) is 17.6. The lowest BCUT2D eigenvalue weighted by Crippen LogP contribution is -2.22. The molecule has 0 unspecified atom stereocenters. The van der Waals surface area contributed by atoms with Crippen LogP contribution in [0.4, 0.5) is 11.8 Å². The van der Waals surface area contributed by atoms with Crippen molar-refractivity contribution in [1.82, 2.24) is 34.9 Å². The van der Waals surface area contributed by atoms with Gasteiger partial charge in [-0.3, -0.25) is 14.5 Å². The van der Waals surface area contributed by atoms with E-state index in [9.17, 15) is 4.79 Å². The van der Waals surface area contributed by atoms with Crippen molar-refractivity contribution in [2.75, 3.05) is 10.6 Å². The van der Waals surface area contributed by atoms with Crippen LogP contribution in [0.3, 0.4) is 0 Å². The van der Waals surface area contributed by atoms with Crippen LogP contribution in [0.1, 0.15) is 25.0 Å². The summed E-state index contributed by atoms with van der Waals surface area (Å²) in [6.07, 6.45) is 11.7. The second-order valence-electron chi connectivity index (χ2n) is 7.93. The van der Waals surface area contributed by atoms with Crippen molar-refractivity contribution in [1.29, 1.82) is 0 Å². The molecule has 0 aliphatic heterocycles. The number of pyridine rings is 2. The minimum atomic E-state index is -0.114. The minimum Gasteiger partial charge on any atom is -0.367 e. The Morgan fingerprint density at radius 2 is 1.84 bits per heavy atom. The first-order valence-electron chi connectivity index (χ1n) is 10.5. The van der Waals surface area contributed by atoms with Crippen molar-refractivity contribution in [3.63, 3.8) is 0 Å². The molecule has 0 saturated heterocycles. The maximum atomic E-state index is 12.4. The summed E-state index contributed by atoms with van der Waals surface area (Å²) >= 11 is 0. The monoisotopic (exact) mass is 429 g/mol. The Kier molecular flexibility index (Phi) is 5.32. The van der Waals surface area contributed by atoms with E-state index in [1.165, 1.54) is 0 Å². The van der Waals surface area contributed by atoms with Crippen LogP contribution in [0, 0.1) is 6.92 Å². The van der Waals surface area contributed by atoms with Gasteiger partial charge < -0.3 is 10.6 Å². The molecule has 1 saturated carbocycles. The number of H-pyrrole nitrogens is 1. The second kappa shape index (κ2) is 8.58. The third-order valence-corrected chi connectivity index (χ3v) is 5.56. The lowest BCUT2D eigenvalue weighted by molar-refractivity contribution is 0.712. The van der Waals surface area contributed by atoms with E-state index in [0.717, 1.165) is 41.9 Å². The predicted octanol–water partition coefficient (Wildman–Crippen LogP) is 2.56. The van der Waals surface area contributed by atoms with Crippen molar-refractivity contribution in [3.8, 4) is 16.8 Å². The third-order valence-electron chi connectivity index (χ3n) is 5.56. The molecule has 0 radical (unpaired) electrons. The van der Waals surface area contributed by atoms with E-state index < -0.39 is 0 Å². The van der Waals surface area contributed by atoms with Gasteiger partial charge in [-0.25, -0.2) is 9.97 Å². The van der Waals surface area contributed by atoms with Gasteiger partial charge in [-0.15, -0.1) is 5.10 Å². The normalized spacial score (nSPS) is 17.9. The maximum absolute atomic E-state index is 12.4. The van der Waals surface area contributed by atoms with E-state index in [2.05, 4.69) is 41.0 Å². The summed E-state index contributed by atoms with van der Waals surface area (Å²) in [5, 5.41) is 21.7. The van der Waals surface area contributed by atoms with Crippen LogP contribution < -0.4 is 16.2 Å². The van der Waals surface area contributed by atoms with E-state index in [0.29, 0.717) is 23.7 Å². The number of anilines is 2. The van der Waals surface area contributed by atoms with Crippen molar-refractivity contribution < 1.29 is 0 Å². The second-order valence-corrected chi connectivity index (χ2v) is 7.93. The number of aromatic nitrogens is 7. The van der Waals surface area contributed by atoms with E-state index in [4.69, 9.17) is 0 Å². The molecule has 10 nitrogen and oxygen atoms in total. The number of rotatable bonds is 6. The van der Waals surface area contributed by atoms with Crippen molar-refractivity contribution in [2.24, 2.45) is 0 Å². The Bertz CT molecular complexity index is 1230. The highest BCUT2D eigenvalue weighted by Gasteiger charge is 2.25. The first kappa shape index (κ1) is 19.9. The number of nitrogens with zero attached hydrogens (tertiary/aromatic N) is 6. The zero-order valence-electron chi connectivity index (χ0n) is 17.6. The number of aryl methyl sites for hydroxylation is 1. The molecule has 3 N–H and O–H groups in total. The molecule has 1 fully saturated rings. The van der Waals surface area contributed by atoms with Gasteiger partial charge in [0.2, 0.25) is 5.95 Å². The Labute approximate surface area is 184 Å². The average Bonchev–Trinajstić information content (AvgIpc) is 3.49. The third kappa shape index (κ3) is 4.34. The molecule has 4 heterocycles. The van der Waals surface area contributed by atoms with Crippen molar-refractivity contribution >= 4 is 11.8 Å². The lowest BCUT2D eigenvalue weighted by atomic mass is 10.1. The number of nitrogens with one attached hydrogen (secondary N) is 3. The Hall–Kier alpha value is -4.08. The molecule has 1 aliphatic rings. The summed E-state index contributed by atoms with van der Waals surface area (Å²) in [5.41, 5.74) is 3.21. The Balaban J connectivity index is 1.23. The Morgan fingerprint density at radius 3 is 2.56 bits per heavy atom. The smallest absolute Gasteiger partial charge is 0.255 e. The predicted molar refractivity (Wildman–Crippen MR) is 121 cm³/mol. The van der Waals surface area contributed by atoms with Crippen LogP contribution in [-0.4, -0.2) is 47.0 Å². The molecule has 1 aliphatic carbocycles. The van der Waals surface area contributed by atoms with Crippen LogP contribution in [-0.2, 0) is 0 Å². The topological polar surface area (TPSA) is 126 Å². The van der Waals surface area contributed by atoms with Gasteiger partial charge in [-0.1, -0.05) is 0 Å². The molecule has 10 heteroatoms. The van der Waals surface area contributed by atoms with Gasteiger partial charge in [0.25, 0.3) is 5.56 Å². The quantitative estimate of drug-likeness (QED) is 0.427. The maximum Gasteiger partial charge on any atom is 0.255 e. The van der Waals surface area contributed by atoms with Gasteiger partial charge in [0.1, 0.15) is 5.82 Å². The first-order valence-corrected chi connectivity index (χ1v) is 10.5. The standard InChI is InChI=1S/C22H23N9O/c1-14-9-24-22(30-29-14)28-18-4-3-17(8-18)27-20-6-5-19(12-23-20)31-13-15(2-7-21(31)32)16-10-25-26-11-16/h2,5-7,9-13,17-18H,3-4,8H2,1H3,(H,23,27)(H,25,26)(H,24,28,30)/t17-,18-/m0/s1. The average molecular weight is 429 g/mol. The number of hydrogen-bond donors (Lipinski definition) is 3. The highest BCUT2D eigenvalue weighted by molar-refractivity contribution is 5.61. The van der Waals surface area contributed by atoms with Gasteiger partial charge in [0.15, 0.2) is 0 Å². The van der Waals surface area contributed by atoms with Crippen LogP contribution in [0.5, 0.6) is 0 Å². The summed E-state index contributed by atoms with van der Waals surface area (Å²) in [7, 11) is 0. The molecule has 0 aromatic carbocycles. The summed E-state index contributed by atoms with van der Waals surface area (Å²) in [6.45, 7) is 1.87. The van der Waals surface area contributed by atoms with Crippen molar-refractivity contribution in [2.45, 2.75) is 38.3 Å². The van der Waals surface area contributed by atoms with Crippen LogP contribution in [0.2, 0.25) is 0 Å². The van der Waals surface area contributed by atoms with E-state index in [-0.39, 0.29) is 5.56 Å². The van der Waals surface area contributed by atoms with Crippen LogP contribution in [0.15, 0.2) is 60.0 Å². The molecular formula is C22H23N9O. The highest BCUT2D eigenvalue weighted by atomic mass is 16.1. The highest BCUT2D eigenvalue weighted by Crippen LogP contribution is 2.25. The SMILES string of the molecule is Cc1cnc(N[C@H]2CC[C@H](Nc3ccc(-n4cc(-c5cn[nH]c5)ccc4=O)cn3)C2)nn1. The van der Waals surface area contributed by atoms with Gasteiger partial charge >= 0.3 is 0 Å².